The molecule has 0 aromatic rings. The maximum absolute atomic E-state index is 11.8. The minimum absolute atomic E-state index is 0.0302. The predicted octanol–water partition coefficient (Wildman–Crippen LogP) is -0.477. The highest BCUT2D eigenvalue weighted by atomic mass is 32.2. The smallest absolute Gasteiger partial charge is 0.306 e. The minimum Gasteiger partial charge on any atom is -0.481 e. The van der Waals surface area contributed by atoms with Crippen LogP contribution in [0.15, 0.2) is 0 Å². The number of carbonyl (C=O) groups excluding carboxylic acids is 1. The molecule has 0 spiro atoms. The van der Waals surface area contributed by atoms with Crippen LogP contribution in [0.3, 0.4) is 0 Å². The highest BCUT2D eigenvalue weighted by molar-refractivity contribution is 7.91. The zero-order valence-corrected chi connectivity index (χ0v) is 12.7. The quantitative estimate of drug-likeness (QED) is 0.631. The summed E-state index contributed by atoms with van der Waals surface area (Å²) in [5, 5.41) is 14.8. The Morgan fingerprint density at radius 1 is 1.05 bits per heavy atom. The molecule has 0 radical (unpaired) electrons. The van der Waals surface area contributed by atoms with Crippen LogP contribution in [-0.2, 0) is 19.4 Å². The van der Waals surface area contributed by atoms with Gasteiger partial charge in [-0.3, -0.25) is 9.59 Å². The third kappa shape index (κ3) is 4.96. The van der Waals surface area contributed by atoms with Gasteiger partial charge in [0, 0.05) is 12.1 Å². The third-order valence-corrected chi connectivity index (χ3v) is 5.99. The molecule has 0 aromatic carbocycles. The van der Waals surface area contributed by atoms with E-state index in [9.17, 15) is 18.0 Å². The normalized spacial score (nSPS) is 31.7. The van der Waals surface area contributed by atoms with Gasteiger partial charge in [0.15, 0.2) is 9.84 Å². The van der Waals surface area contributed by atoms with Crippen LogP contribution >= 0.6 is 0 Å². The number of hydrogen-bond acceptors (Lipinski definition) is 5. The average Bonchev–Trinajstić information content (AvgIpc) is 2.76. The molecule has 2 fully saturated rings. The van der Waals surface area contributed by atoms with Crippen molar-refractivity contribution in [2.45, 2.75) is 44.2 Å². The molecular weight excluding hydrogens is 296 g/mol. The van der Waals surface area contributed by atoms with Gasteiger partial charge in [-0.05, 0) is 32.1 Å². The molecule has 1 saturated heterocycles. The largest absolute Gasteiger partial charge is 0.481 e. The first-order chi connectivity index (χ1) is 9.85. The summed E-state index contributed by atoms with van der Waals surface area (Å²) in [6.07, 6.45) is 3.26. The molecule has 1 heterocycles. The van der Waals surface area contributed by atoms with E-state index in [1.165, 1.54) is 0 Å². The lowest BCUT2D eigenvalue weighted by Crippen LogP contribution is -2.44. The second-order valence-electron chi connectivity index (χ2n) is 5.94. The molecule has 1 amide bonds. The van der Waals surface area contributed by atoms with Crippen molar-refractivity contribution in [3.63, 3.8) is 0 Å². The van der Waals surface area contributed by atoms with Crippen molar-refractivity contribution >= 4 is 21.7 Å². The fraction of sp³-hybridized carbons (Fsp3) is 0.846. The van der Waals surface area contributed by atoms with Gasteiger partial charge in [-0.1, -0.05) is 0 Å². The number of carboxylic acid groups (broad SMARTS) is 1. The topological polar surface area (TPSA) is 113 Å². The van der Waals surface area contributed by atoms with Gasteiger partial charge in [0.1, 0.15) is 0 Å². The Kier molecular flexibility index (Phi) is 5.21. The zero-order valence-electron chi connectivity index (χ0n) is 11.9. The molecule has 8 heteroatoms. The van der Waals surface area contributed by atoms with E-state index in [4.69, 9.17) is 5.11 Å². The van der Waals surface area contributed by atoms with Crippen LogP contribution in [0.5, 0.6) is 0 Å². The molecule has 1 atom stereocenters. The van der Waals surface area contributed by atoms with E-state index in [1.807, 2.05) is 0 Å². The summed E-state index contributed by atoms with van der Waals surface area (Å²) in [4.78, 5) is 22.6. The molecule has 0 bridgehead atoms. The van der Waals surface area contributed by atoms with Gasteiger partial charge in [0.2, 0.25) is 5.91 Å². The van der Waals surface area contributed by atoms with Crippen molar-refractivity contribution in [2.75, 3.05) is 18.1 Å². The van der Waals surface area contributed by atoms with Crippen molar-refractivity contribution in [3.05, 3.63) is 0 Å². The Labute approximate surface area is 124 Å². The van der Waals surface area contributed by atoms with Crippen LogP contribution in [-0.4, -0.2) is 55.5 Å². The second-order valence-corrected chi connectivity index (χ2v) is 8.16. The van der Waals surface area contributed by atoms with E-state index < -0.39 is 15.8 Å². The monoisotopic (exact) mass is 318 g/mol. The van der Waals surface area contributed by atoms with Crippen LogP contribution in [0.1, 0.15) is 32.1 Å². The lowest BCUT2D eigenvalue weighted by atomic mass is 9.86. The Balaban J connectivity index is 1.65. The minimum atomic E-state index is -2.98. The first kappa shape index (κ1) is 16.2. The van der Waals surface area contributed by atoms with Crippen LogP contribution in [0.25, 0.3) is 0 Å². The van der Waals surface area contributed by atoms with Gasteiger partial charge in [-0.25, -0.2) is 8.42 Å². The molecule has 1 aliphatic heterocycles. The highest BCUT2D eigenvalue weighted by Crippen LogP contribution is 2.24. The van der Waals surface area contributed by atoms with E-state index in [-0.39, 0.29) is 42.0 Å². The van der Waals surface area contributed by atoms with Crippen molar-refractivity contribution in [2.24, 2.45) is 5.92 Å². The summed E-state index contributed by atoms with van der Waals surface area (Å²) in [6, 6.07) is -0.106. The lowest BCUT2D eigenvalue weighted by molar-refractivity contribution is -0.143. The molecule has 2 rings (SSSR count). The molecule has 1 aliphatic carbocycles. The summed E-state index contributed by atoms with van der Waals surface area (Å²) < 4.78 is 22.6. The number of aliphatic carboxylic acids is 1. The van der Waals surface area contributed by atoms with Gasteiger partial charge in [0.05, 0.1) is 24.0 Å². The van der Waals surface area contributed by atoms with E-state index >= 15 is 0 Å². The number of hydrogen-bond donors (Lipinski definition) is 3. The molecule has 120 valence electrons. The Morgan fingerprint density at radius 2 is 1.71 bits per heavy atom. The van der Waals surface area contributed by atoms with E-state index in [0.29, 0.717) is 19.3 Å². The zero-order chi connectivity index (χ0) is 15.5. The van der Waals surface area contributed by atoms with Gasteiger partial charge in [0.25, 0.3) is 0 Å². The Morgan fingerprint density at radius 3 is 2.24 bits per heavy atom. The summed E-state index contributed by atoms with van der Waals surface area (Å²) >= 11 is 0. The Bertz CT molecular complexity index is 497. The predicted molar refractivity (Wildman–Crippen MR) is 76.6 cm³/mol. The summed E-state index contributed by atoms with van der Waals surface area (Å²) in [7, 11) is -2.98. The maximum Gasteiger partial charge on any atom is 0.306 e. The molecule has 21 heavy (non-hydrogen) atoms. The highest BCUT2D eigenvalue weighted by Gasteiger charge is 2.29. The number of nitrogens with one attached hydrogen (secondary N) is 2. The molecular formula is C13H22N2O5S. The van der Waals surface area contributed by atoms with Crippen LogP contribution in [0.2, 0.25) is 0 Å². The Hall–Kier alpha value is -1.15. The maximum atomic E-state index is 11.8. The van der Waals surface area contributed by atoms with Crippen molar-refractivity contribution in [1.82, 2.24) is 10.6 Å². The molecule has 3 N–H and O–H groups in total. The standard InChI is InChI=1S/C13H22N2O5S/c16-12(15-11-5-6-21(19,20)8-11)7-14-10-3-1-9(2-4-10)13(17)18/h9-11,14H,1-8H2,(H,15,16)(H,17,18). The van der Waals surface area contributed by atoms with Gasteiger partial charge in [-0.2, -0.15) is 0 Å². The van der Waals surface area contributed by atoms with E-state index in [0.717, 1.165) is 12.8 Å². The van der Waals surface area contributed by atoms with Crippen LogP contribution in [0, 0.1) is 5.92 Å². The number of amides is 1. The SMILES string of the molecule is O=C(CNC1CCC(C(=O)O)CC1)NC1CCS(=O)(=O)C1. The van der Waals surface area contributed by atoms with Crippen molar-refractivity contribution in [3.8, 4) is 0 Å². The molecule has 0 aromatic heterocycles. The summed E-state index contributed by atoms with van der Waals surface area (Å²) in [5.74, 6) is -1.03. The fourth-order valence-corrected chi connectivity index (χ4v) is 4.64. The number of carbonyl (C=O) groups is 2. The summed E-state index contributed by atoms with van der Waals surface area (Å²) in [6.45, 7) is 0.152. The van der Waals surface area contributed by atoms with Crippen LogP contribution < -0.4 is 10.6 Å². The molecule has 7 nitrogen and oxygen atoms in total. The summed E-state index contributed by atoms with van der Waals surface area (Å²) in [5.41, 5.74) is 0. The van der Waals surface area contributed by atoms with Crippen molar-refractivity contribution in [1.29, 1.82) is 0 Å². The average molecular weight is 318 g/mol. The first-order valence-electron chi connectivity index (χ1n) is 7.32. The number of sulfone groups is 1. The fourth-order valence-electron chi connectivity index (χ4n) is 2.97. The number of rotatable bonds is 5. The van der Waals surface area contributed by atoms with Crippen LogP contribution in [0.4, 0.5) is 0 Å². The second kappa shape index (κ2) is 6.74. The van der Waals surface area contributed by atoms with Crippen molar-refractivity contribution < 1.29 is 23.1 Å². The molecule has 1 saturated carbocycles. The number of carboxylic acids is 1. The lowest BCUT2D eigenvalue weighted by Gasteiger charge is -2.26. The van der Waals surface area contributed by atoms with Gasteiger partial charge in [-0.15, -0.1) is 0 Å². The first-order valence-corrected chi connectivity index (χ1v) is 9.14. The molecule has 1 unspecified atom stereocenters. The van der Waals surface area contributed by atoms with E-state index in [2.05, 4.69) is 10.6 Å². The van der Waals surface area contributed by atoms with Gasteiger partial charge < -0.3 is 15.7 Å². The third-order valence-electron chi connectivity index (χ3n) is 4.23. The van der Waals surface area contributed by atoms with E-state index in [1.54, 1.807) is 0 Å². The van der Waals surface area contributed by atoms with Gasteiger partial charge >= 0.3 is 5.97 Å². The molecule has 2 aliphatic rings.